The smallest absolute Gasteiger partial charge is 0.237 e. The van der Waals surface area contributed by atoms with E-state index >= 15 is 0 Å². The number of hydrogen-bond donors (Lipinski definition) is 3. The average molecular weight is 331 g/mol. The van der Waals surface area contributed by atoms with Gasteiger partial charge in [-0.2, -0.15) is 0 Å². The molecule has 2 aromatic rings. The maximum absolute atomic E-state index is 12.4. The van der Waals surface area contributed by atoms with E-state index < -0.39 is 0 Å². The first kappa shape index (κ1) is 17.1. The van der Waals surface area contributed by atoms with Crippen LogP contribution in [0.1, 0.15) is 23.6 Å². The normalized spacial score (nSPS) is 12.0. The van der Waals surface area contributed by atoms with Gasteiger partial charge < -0.3 is 16.8 Å². The minimum Gasteiger partial charge on any atom is -0.383 e. The van der Waals surface area contributed by atoms with Gasteiger partial charge in [-0.05, 0) is 38.8 Å². The van der Waals surface area contributed by atoms with Gasteiger partial charge >= 0.3 is 0 Å². The number of nitrogens with two attached hydrogens (primary N) is 2. The van der Waals surface area contributed by atoms with E-state index in [0.29, 0.717) is 5.16 Å². The molecule has 122 valence electrons. The molecule has 0 radical (unpaired) electrons. The Morgan fingerprint density at radius 3 is 2.13 bits per heavy atom. The minimum absolute atomic E-state index is 0.116. The van der Waals surface area contributed by atoms with Crippen LogP contribution >= 0.6 is 11.8 Å². The first-order chi connectivity index (χ1) is 10.8. The summed E-state index contributed by atoms with van der Waals surface area (Å²) in [4.78, 5) is 20.6. The van der Waals surface area contributed by atoms with Gasteiger partial charge in [0.05, 0.1) is 5.25 Å². The maximum Gasteiger partial charge on any atom is 0.237 e. The van der Waals surface area contributed by atoms with Crippen LogP contribution in [0.15, 0.2) is 23.4 Å². The molecule has 6 nitrogen and oxygen atoms in total. The van der Waals surface area contributed by atoms with Crippen molar-refractivity contribution in [1.82, 2.24) is 9.97 Å². The van der Waals surface area contributed by atoms with E-state index in [1.54, 1.807) is 6.92 Å². The number of nitrogen functional groups attached to an aromatic ring is 2. The zero-order chi connectivity index (χ0) is 17.1. The Balaban J connectivity index is 2.11. The molecule has 2 rings (SSSR count). The van der Waals surface area contributed by atoms with Crippen LogP contribution in [-0.4, -0.2) is 21.1 Å². The van der Waals surface area contributed by atoms with Crippen LogP contribution in [0.25, 0.3) is 0 Å². The molecule has 0 aliphatic heterocycles. The number of carbonyl (C=O) groups is 1. The molecule has 1 amide bonds. The quantitative estimate of drug-likeness (QED) is 0.587. The molecule has 0 aliphatic rings. The summed E-state index contributed by atoms with van der Waals surface area (Å²) in [6.07, 6.45) is 0. The van der Waals surface area contributed by atoms with Gasteiger partial charge in [-0.25, -0.2) is 9.97 Å². The van der Waals surface area contributed by atoms with Crippen LogP contribution in [0.4, 0.5) is 17.3 Å². The molecule has 0 fully saturated rings. The summed E-state index contributed by atoms with van der Waals surface area (Å²) in [5.41, 5.74) is 15.4. The van der Waals surface area contributed by atoms with E-state index in [1.165, 1.54) is 23.4 Å². The Hall–Kier alpha value is -2.28. The highest BCUT2D eigenvalue weighted by Gasteiger charge is 2.18. The summed E-state index contributed by atoms with van der Waals surface area (Å²) in [5, 5.41) is 2.99. The highest BCUT2D eigenvalue weighted by molar-refractivity contribution is 8.00. The van der Waals surface area contributed by atoms with E-state index in [-0.39, 0.29) is 22.8 Å². The van der Waals surface area contributed by atoms with E-state index in [2.05, 4.69) is 15.3 Å². The topological polar surface area (TPSA) is 107 Å². The van der Waals surface area contributed by atoms with Crippen molar-refractivity contribution in [2.45, 2.75) is 38.1 Å². The number of aromatic nitrogens is 2. The fourth-order valence-electron chi connectivity index (χ4n) is 2.33. The van der Waals surface area contributed by atoms with Crippen LogP contribution in [0, 0.1) is 20.8 Å². The molecule has 1 heterocycles. The van der Waals surface area contributed by atoms with E-state index in [1.807, 2.05) is 32.9 Å². The van der Waals surface area contributed by atoms with Crippen molar-refractivity contribution in [2.75, 3.05) is 16.8 Å². The lowest BCUT2D eigenvalue weighted by Crippen LogP contribution is -2.23. The third-order valence-corrected chi connectivity index (χ3v) is 4.28. The largest absolute Gasteiger partial charge is 0.383 e. The second-order valence-corrected chi connectivity index (χ2v) is 6.83. The van der Waals surface area contributed by atoms with Crippen molar-refractivity contribution < 1.29 is 4.79 Å². The monoisotopic (exact) mass is 331 g/mol. The van der Waals surface area contributed by atoms with Gasteiger partial charge in [-0.15, -0.1) is 0 Å². The predicted octanol–water partition coefficient (Wildman–Crippen LogP) is 2.69. The lowest BCUT2D eigenvalue weighted by molar-refractivity contribution is -0.115. The molecular formula is C16H21N5OS. The fraction of sp³-hybridized carbons (Fsp3) is 0.312. The summed E-state index contributed by atoms with van der Waals surface area (Å²) in [7, 11) is 0. The number of hydrogen-bond acceptors (Lipinski definition) is 6. The third kappa shape index (κ3) is 4.35. The van der Waals surface area contributed by atoms with Gasteiger partial charge in [-0.3, -0.25) is 4.79 Å². The van der Waals surface area contributed by atoms with Crippen LogP contribution in [0.3, 0.4) is 0 Å². The third-order valence-electron chi connectivity index (χ3n) is 3.32. The van der Waals surface area contributed by atoms with E-state index in [0.717, 1.165) is 16.8 Å². The predicted molar refractivity (Wildman–Crippen MR) is 95.5 cm³/mol. The zero-order valence-electron chi connectivity index (χ0n) is 13.7. The average Bonchev–Trinajstić information content (AvgIpc) is 2.41. The summed E-state index contributed by atoms with van der Waals surface area (Å²) < 4.78 is 0. The maximum atomic E-state index is 12.4. The lowest BCUT2D eigenvalue weighted by atomic mass is 10.1. The first-order valence-corrected chi connectivity index (χ1v) is 8.09. The molecule has 1 aromatic heterocycles. The van der Waals surface area contributed by atoms with Gasteiger partial charge in [0.1, 0.15) is 11.6 Å². The molecule has 0 unspecified atom stereocenters. The van der Waals surface area contributed by atoms with Crippen molar-refractivity contribution in [3.8, 4) is 0 Å². The molecular weight excluding hydrogens is 310 g/mol. The van der Waals surface area contributed by atoms with Crippen molar-refractivity contribution in [3.05, 3.63) is 34.9 Å². The second kappa shape index (κ2) is 6.87. The fourth-order valence-corrected chi connectivity index (χ4v) is 3.13. The summed E-state index contributed by atoms with van der Waals surface area (Å²) in [6, 6.07) is 5.57. The number of benzene rings is 1. The number of amides is 1. The van der Waals surface area contributed by atoms with Gasteiger partial charge in [0, 0.05) is 11.8 Å². The van der Waals surface area contributed by atoms with Crippen LogP contribution in [0.2, 0.25) is 0 Å². The number of rotatable bonds is 4. The van der Waals surface area contributed by atoms with Crippen LogP contribution in [-0.2, 0) is 4.79 Å². The van der Waals surface area contributed by atoms with Gasteiger partial charge in [0.2, 0.25) is 5.91 Å². The second-order valence-electron chi connectivity index (χ2n) is 5.52. The lowest BCUT2D eigenvalue weighted by Gasteiger charge is -2.16. The number of aryl methyl sites for hydroxylation is 3. The first-order valence-electron chi connectivity index (χ1n) is 7.21. The number of nitrogens with one attached hydrogen (secondary N) is 1. The Morgan fingerprint density at radius 1 is 1.09 bits per heavy atom. The van der Waals surface area contributed by atoms with Gasteiger partial charge in [0.15, 0.2) is 5.16 Å². The Labute approximate surface area is 140 Å². The molecule has 5 N–H and O–H groups in total. The summed E-state index contributed by atoms with van der Waals surface area (Å²) >= 11 is 1.22. The van der Waals surface area contributed by atoms with Crippen molar-refractivity contribution in [3.63, 3.8) is 0 Å². The SMILES string of the molecule is Cc1cc(C)c(NC(=O)[C@H](C)Sc2nc(N)cc(N)n2)c(C)c1. The summed E-state index contributed by atoms with van der Waals surface area (Å²) in [5.74, 6) is 0.463. The van der Waals surface area contributed by atoms with Gasteiger partial charge in [0.25, 0.3) is 0 Å². The van der Waals surface area contributed by atoms with Gasteiger partial charge in [-0.1, -0.05) is 29.5 Å². The van der Waals surface area contributed by atoms with Crippen LogP contribution < -0.4 is 16.8 Å². The number of carbonyl (C=O) groups excluding carboxylic acids is 1. The zero-order valence-corrected chi connectivity index (χ0v) is 14.5. The molecule has 0 bridgehead atoms. The van der Waals surface area contributed by atoms with E-state index in [9.17, 15) is 4.79 Å². The highest BCUT2D eigenvalue weighted by Crippen LogP contribution is 2.25. The standard InChI is InChI=1S/C16H21N5OS/c1-8-5-9(2)14(10(3)6-8)21-15(22)11(4)23-16-19-12(17)7-13(18)20-16/h5-7,11H,1-4H3,(H,21,22)(H4,17,18,19,20)/t11-/m0/s1. The number of nitrogens with zero attached hydrogens (tertiary/aromatic N) is 2. The van der Waals surface area contributed by atoms with Crippen molar-refractivity contribution >= 4 is 35.0 Å². The van der Waals surface area contributed by atoms with Crippen LogP contribution in [0.5, 0.6) is 0 Å². The Morgan fingerprint density at radius 2 is 1.61 bits per heavy atom. The molecule has 7 heteroatoms. The number of anilines is 3. The molecule has 0 saturated heterocycles. The van der Waals surface area contributed by atoms with Crippen molar-refractivity contribution in [2.24, 2.45) is 0 Å². The summed E-state index contributed by atoms with van der Waals surface area (Å²) in [6.45, 7) is 7.79. The molecule has 1 atom stereocenters. The highest BCUT2D eigenvalue weighted by atomic mass is 32.2. The Kier molecular flexibility index (Phi) is 5.10. The van der Waals surface area contributed by atoms with Crippen molar-refractivity contribution in [1.29, 1.82) is 0 Å². The Bertz CT molecular complexity index is 704. The molecule has 0 saturated carbocycles. The molecule has 1 aromatic carbocycles. The van der Waals surface area contributed by atoms with E-state index in [4.69, 9.17) is 11.5 Å². The molecule has 0 aliphatic carbocycles. The minimum atomic E-state index is -0.378. The molecule has 23 heavy (non-hydrogen) atoms. The molecule has 0 spiro atoms. The number of thioether (sulfide) groups is 1.